The van der Waals surface area contributed by atoms with Crippen LogP contribution in [0.1, 0.15) is 24.2 Å². The van der Waals surface area contributed by atoms with E-state index in [0.29, 0.717) is 6.54 Å². The minimum Gasteiger partial charge on any atom is -0.332 e. The van der Waals surface area contributed by atoms with E-state index >= 15 is 0 Å². The van der Waals surface area contributed by atoms with Gasteiger partial charge < -0.3 is 9.88 Å². The van der Waals surface area contributed by atoms with Gasteiger partial charge in [0.05, 0.1) is 24.6 Å². The minimum absolute atomic E-state index is 0.120. The molecule has 1 aliphatic carbocycles. The Hall–Kier alpha value is -1.34. The maximum atomic E-state index is 8.88. The number of rotatable bonds is 3. The van der Waals surface area contributed by atoms with Crippen molar-refractivity contribution in [1.82, 2.24) is 14.9 Å². The van der Waals surface area contributed by atoms with Crippen LogP contribution >= 0.6 is 0 Å². The van der Waals surface area contributed by atoms with E-state index in [2.05, 4.69) is 20.9 Å². The molecule has 1 aliphatic rings. The molecule has 1 aromatic heterocycles. The van der Waals surface area contributed by atoms with Crippen molar-refractivity contribution in [3.8, 4) is 6.07 Å². The fraction of sp³-hybridized carbons (Fsp3) is 0.636. The van der Waals surface area contributed by atoms with Crippen LogP contribution in [0.4, 0.5) is 0 Å². The van der Waals surface area contributed by atoms with E-state index in [0.717, 1.165) is 12.8 Å². The van der Waals surface area contributed by atoms with Crippen molar-refractivity contribution in [3.05, 3.63) is 17.7 Å². The first-order valence-corrected chi connectivity index (χ1v) is 5.45. The number of hydrogen-bond donors (Lipinski definition) is 1. The molecule has 0 saturated carbocycles. The zero-order valence-corrected chi connectivity index (χ0v) is 9.03. The van der Waals surface area contributed by atoms with Gasteiger partial charge in [0, 0.05) is 5.69 Å². The van der Waals surface area contributed by atoms with Gasteiger partial charge in [0.2, 0.25) is 0 Å². The summed E-state index contributed by atoms with van der Waals surface area (Å²) in [6.07, 6.45) is 6.57. The van der Waals surface area contributed by atoms with Gasteiger partial charge in [-0.1, -0.05) is 0 Å². The smallest absolute Gasteiger partial charge is 0.113 e. The van der Waals surface area contributed by atoms with E-state index in [-0.39, 0.29) is 6.04 Å². The van der Waals surface area contributed by atoms with Crippen LogP contribution in [0.5, 0.6) is 0 Å². The van der Waals surface area contributed by atoms with Crippen LogP contribution in [-0.4, -0.2) is 22.6 Å². The summed E-state index contributed by atoms with van der Waals surface area (Å²) in [7, 11) is 1.82. The zero-order valence-electron chi connectivity index (χ0n) is 9.03. The highest BCUT2D eigenvalue weighted by atomic mass is 15.1. The SMILES string of the molecule is CNC(C#N)Cn1cnc2c1CCCC2. The molecule has 1 unspecified atom stereocenters. The summed E-state index contributed by atoms with van der Waals surface area (Å²) >= 11 is 0. The average molecular weight is 204 g/mol. The van der Waals surface area contributed by atoms with Gasteiger partial charge in [-0.2, -0.15) is 5.26 Å². The summed E-state index contributed by atoms with van der Waals surface area (Å²) in [5, 5.41) is 11.9. The van der Waals surface area contributed by atoms with E-state index in [1.165, 1.54) is 24.2 Å². The van der Waals surface area contributed by atoms with Crippen molar-refractivity contribution in [2.24, 2.45) is 0 Å². The van der Waals surface area contributed by atoms with Gasteiger partial charge in [0.1, 0.15) is 6.04 Å². The maximum absolute atomic E-state index is 8.88. The molecule has 1 aromatic rings. The lowest BCUT2D eigenvalue weighted by molar-refractivity contribution is 0.535. The summed E-state index contributed by atoms with van der Waals surface area (Å²) in [6, 6.07) is 2.12. The van der Waals surface area contributed by atoms with Crippen LogP contribution in [0, 0.1) is 11.3 Å². The summed E-state index contributed by atoms with van der Waals surface area (Å²) in [6.45, 7) is 0.704. The number of fused-ring (bicyclic) bond motifs is 1. The van der Waals surface area contributed by atoms with Crippen LogP contribution in [0.25, 0.3) is 0 Å². The van der Waals surface area contributed by atoms with Crippen molar-refractivity contribution in [2.45, 2.75) is 38.3 Å². The van der Waals surface area contributed by atoms with Gasteiger partial charge in [-0.15, -0.1) is 0 Å². The second kappa shape index (κ2) is 4.45. The Morgan fingerprint density at radius 1 is 1.60 bits per heavy atom. The van der Waals surface area contributed by atoms with Gasteiger partial charge in [-0.25, -0.2) is 4.98 Å². The number of imidazole rings is 1. The summed E-state index contributed by atoms with van der Waals surface area (Å²) in [5.74, 6) is 0. The fourth-order valence-electron chi connectivity index (χ4n) is 2.08. The highest BCUT2D eigenvalue weighted by molar-refractivity contribution is 5.16. The number of nitrogens with one attached hydrogen (secondary N) is 1. The number of likely N-dealkylation sites (N-methyl/N-ethyl adjacent to an activating group) is 1. The molecule has 4 nitrogen and oxygen atoms in total. The maximum Gasteiger partial charge on any atom is 0.113 e. The third kappa shape index (κ3) is 2.02. The Kier molecular flexibility index (Phi) is 3.02. The van der Waals surface area contributed by atoms with Gasteiger partial charge in [0.15, 0.2) is 0 Å². The van der Waals surface area contributed by atoms with Crippen LogP contribution < -0.4 is 5.32 Å². The molecule has 0 aliphatic heterocycles. The topological polar surface area (TPSA) is 53.6 Å². The Bertz CT molecular complexity index is 374. The number of hydrogen-bond acceptors (Lipinski definition) is 3. The number of aromatic nitrogens is 2. The van der Waals surface area contributed by atoms with Crippen LogP contribution in [0.3, 0.4) is 0 Å². The minimum atomic E-state index is -0.120. The van der Waals surface area contributed by atoms with Gasteiger partial charge in [0.25, 0.3) is 0 Å². The molecular weight excluding hydrogens is 188 g/mol. The predicted octanol–water partition coefficient (Wildman–Crippen LogP) is 0.873. The summed E-state index contributed by atoms with van der Waals surface area (Å²) < 4.78 is 2.12. The molecule has 80 valence electrons. The zero-order chi connectivity index (χ0) is 10.7. The second-order valence-corrected chi connectivity index (χ2v) is 3.97. The molecule has 0 aromatic carbocycles. The molecular formula is C11H16N4. The molecule has 1 heterocycles. The molecule has 2 rings (SSSR count). The normalized spacial score (nSPS) is 16.8. The van der Waals surface area contributed by atoms with E-state index in [9.17, 15) is 0 Å². The molecule has 0 saturated heterocycles. The summed E-state index contributed by atoms with van der Waals surface area (Å²) in [5.41, 5.74) is 2.56. The van der Waals surface area contributed by atoms with Crippen molar-refractivity contribution in [1.29, 1.82) is 5.26 Å². The lowest BCUT2D eigenvalue weighted by atomic mass is 10.0. The molecule has 1 atom stereocenters. The van der Waals surface area contributed by atoms with Crippen molar-refractivity contribution in [2.75, 3.05) is 7.05 Å². The Labute approximate surface area is 89.9 Å². The highest BCUT2D eigenvalue weighted by Crippen LogP contribution is 2.19. The Balaban J connectivity index is 2.15. The standard InChI is InChI=1S/C11H16N4/c1-13-9(6-12)7-15-8-14-10-4-2-3-5-11(10)15/h8-9,13H,2-5,7H2,1H3. The van der Waals surface area contributed by atoms with Gasteiger partial charge in [-0.3, -0.25) is 0 Å². The second-order valence-electron chi connectivity index (χ2n) is 3.97. The van der Waals surface area contributed by atoms with E-state index in [4.69, 9.17) is 5.26 Å². The first kappa shape index (κ1) is 10.2. The molecule has 0 fully saturated rings. The predicted molar refractivity (Wildman–Crippen MR) is 57.3 cm³/mol. The number of nitrogens with zero attached hydrogens (tertiary/aromatic N) is 3. The van der Waals surface area contributed by atoms with Gasteiger partial charge >= 0.3 is 0 Å². The Morgan fingerprint density at radius 2 is 2.40 bits per heavy atom. The first-order chi connectivity index (χ1) is 7.35. The average Bonchev–Trinajstić information content (AvgIpc) is 2.69. The quantitative estimate of drug-likeness (QED) is 0.795. The summed E-state index contributed by atoms with van der Waals surface area (Å²) in [4.78, 5) is 4.40. The molecule has 4 heteroatoms. The van der Waals surface area contributed by atoms with Crippen LogP contribution in [0.2, 0.25) is 0 Å². The molecule has 15 heavy (non-hydrogen) atoms. The van der Waals surface area contributed by atoms with Gasteiger partial charge in [-0.05, 0) is 32.7 Å². The lowest BCUT2D eigenvalue weighted by Crippen LogP contribution is -2.29. The highest BCUT2D eigenvalue weighted by Gasteiger charge is 2.16. The number of aryl methyl sites for hydroxylation is 1. The molecule has 0 radical (unpaired) electrons. The third-order valence-corrected chi connectivity index (χ3v) is 2.99. The fourth-order valence-corrected chi connectivity index (χ4v) is 2.08. The van der Waals surface area contributed by atoms with Crippen molar-refractivity contribution in [3.63, 3.8) is 0 Å². The van der Waals surface area contributed by atoms with Crippen molar-refractivity contribution < 1.29 is 0 Å². The van der Waals surface area contributed by atoms with E-state index < -0.39 is 0 Å². The molecule has 0 spiro atoms. The van der Waals surface area contributed by atoms with Crippen LogP contribution in [-0.2, 0) is 19.4 Å². The lowest BCUT2D eigenvalue weighted by Gasteiger charge is -2.15. The molecule has 1 N–H and O–H groups in total. The van der Waals surface area contributed by atoms with Crippen LogP contribution in [0.15, 0.2) is 6.33 Å². The number of nitriles is 1. The van der Waals surface area contributed by atoms with E-state index in [1.807, 2.05) is 13.4 Å². The monoisotopic (exact) mass is 204 g/mol. The van der Waals surface area contributed by atoms with E-state index in [1.54, 1.807) is 0 Å². The molecule has 0 amide bonds. The molecule has 0 bridgehead atoms. The Morgan fingerprint density at radius 3 is 3.13 bits per heavy atom. The first-order valence-electron chi connectivity index (χ1n) is 5.45. The largest absolute Gasteiger partial charge is 0.332 e. The van der Waals surface area contributed by atoms with Crippen molar-refractivity contribution >= 4 is 0 Å². The third-order valence-electron chi connectivity index (χ3n) is 2.99.